The number of ether oxygens (including phenoxy) is 2. The lowest BCUT2D eigenvalue weighted by atomic mass is 9.99. The van der Waals surface area contributed by atoms with E-state index in [1.54, 1.807) is 7.11 Å². The third kappa shape index (κ3) is 4.87. The van der Waals surface area contributed by atoms with E-state index in [1.165, 1.54) is 11.1 Å². The van der Waals surface area contributed by atoms with Gasteiger partial charge in [-0.1, -0.05) is 31.2 Å². The van der Waals surface area contributed by atoms with Crippen molar-refractivity contribution < 1.29 is 9.47 Å². The van der Waals surface area contributed by atoms with Crippen molar-refractivity contribution in [2.45, 2.75) is 26.5 Å². The van der Waals surface area contributed by atoms with Gasteiger partial charge in [-0.25, -0.2) is 0 Å². The van der Waals surface area contributed by atoms with E-state index in [9.17, 15) is 0 Å². The molecular weight excluding hydrogens is 252 g/mol. The van der Waals surface area contributed by atoms with Crippen molar-refractivity contribution in [3.63, 3.8) is 0 Å². The van der Waals surface area contributed by atoms with Crippen LogP contribution in [0.2, 0.25) is 0 Å². The summed E-state index contributed by atoms with van der Waals surface area (Å²) in [6.07, 6.45) is 0. The van der Waals surface area contributed by atoms with Gasteiger partial charge in [0.2, 0.25) is 0 Å². The maximum atomic E-state index is 6.03. The molecule has 0 aliphatic carbocycles. The van der Waals surface area contributed by atoms with E-state index < -0.39 is 0 Å². The van der Waals surface area contributed by atoms with Crippen molar-refractivity contribution in [3.8, 4) is 0 Å². The summed E-state index contributed by atoms with van der Waals surface area (Å²) in [5, 5.41) is 0. The summed E-state index contributed by atoms with van der Waals surface area (Å²) in [5.41, 5.74) is 8.50. The molecule has 2 N–H and O–H groups in total. The van der Waals surface area contributed by atoms with Crippen molar-refractivity contribution >= 4 is 0 Å². The monoisotopic (exact) mass is 280 g/mol. The first-order valence-corrected chi connectivity index (χ1v) is 7.37. The summed E-state index contributed by atoms with van der Waals surface area (Å²) in [6.45, 7) is 8.75. The van der Waals surface area contributed by atoms with E-state index in [0.29, 0.717) is 13.2 Å². The molecule has 114 valence electrons. The van der Waals surface area contributed by atoms with Crippen LogP contribution in [-0.4, -0.2) is 44.9 Å². The van der Waals surface area contributed by atoms with Crippen LogP contribution < -0.4 is 5.73 Å². The highest BCUT2D eigenvalue weighted by Crippen LogP contribution is 2.23. The quantitative estimate of drug-likeness (QED) is 0.667. The molecular formula is C16H28N2O2. The largest absolute Gasteiger partial charge is 0.380 e. The molecule has 4 nitrogen and oxygen atoms in total. The Balaban J connectivity index is 2.86. The number of rotatable bonds is 10. The highest BCUT2D eigenvalue weighted by Gasteiger charge is 2.19. The van der Waals surface area contributed by atoms with Gasteiger partial charge in [-0.15, -0.1) is 0 Å². The fraction of sp³-hybridized carbons (Fsp3) is 0.625. The third-order valence-electron chi connectivity index (χ3n) is 3.51. The van der Waals surface area contributed by atoms with Gasteiger partial charge in [-0.2, -0.15) is 0 Å². The average Bonchev–Trinajstić information content (AvgIpc) is 2.48. The lowest BCUT2D eigenvalue weighted by Gasteiger charge is -2.31. The summed E-state index contributed by atoms with van der Waals surface area (Å²) in [4.78, 5) is 2.37. The van der Waals surface area contributed by atoms with Crippen LogP contribution in [0, 0.1) is 0 Å². The molecule has 0 spiro atoms. The molecule has 1 aromatic carbocycles. The normalized spacial score (nSPS) is 12.8. The first-order chi connectivity index (χ1) is 9.78. The lowest BCUT2D eigenvalue weighted by molar-refractivity contribution is 0.0971. The Morgan fingerprint density at radius 3 is 2.60 bits per heavy atom. The Kier molecular flexibility index (Phi) is 8.46. The number of likely N-dealkylation sites (N-methyl/N-ethyl adjacent to an activating group) is 1. The van der Waals surface area contributed by atoms with Crippen LogP contribution in [0.1, 0.15) is 31.0 Å². The minimum absolute atomic E-state index is 0.215. The molecule has 0 aliphatic heterocycles. The molecule has 0 saturated heterocycles. The van der Waals surface area contributed by atoms with Crippen molar-refractivity contribution in [1.29, 1.82) is 0 Å². The van der Waals surface area contributed by atoms with E-state index in [2.05, 4.69) is 30.0 Å². The fourth-order valence-electron chi connectivity index (χ4n) is 2.48. The molecule has 20 heavy (non-hydrogen) atoms. The number of nitrogens with zero attached hydrogens (tertiary/aromatic N) is 1. The van der Waals surface area contributed by atoms with Gasteiger partial charge < -0.3 is 15.2 Å². The standard InChI is InChI=1S/C16H28N2O2/c1-4-18(10-11-20-5-2)16(12-17)15-9-7-6-8-14(15)13-19-3/h6-9,16H,4-5,10-13,17H2,1-3H3. The second kappa shape index (κ2) is 9.88. The van der Waals surface area contributed by atoms with E-state index in [4.69, 9.17) is 15.2 Å². The molecule has 0 heterocycles. The van der Waals surface area contributed by atoms with Crippen LogP contribution in [0.4, 0.5) is 0 Å². The predicted octanol–water partition coefficient (Wildman–Crippen LogP) is 2.19. The first-order valence-electron chi connectivity index (χ1n) is 7.37. The molecule has 1 aromatic rings. The van der Waals surface area contributed by atoms with Crippen molar-refractivity contribution in [2.75, 3.05) is 40.0 Å². The zero-order valence-electron chi connectivity index (χ0n) is 13.0. The molecule has 0 radical (unpaired) electrons. The van der Waals surface area contributed by atoms with Crippen molar-refractivity contribution in [2.24, 2.45) is 5.73 Å². The molecule has 0 bridgehead atoms. The molecule has 1 atom stereocenters. The molecule has 0 saturated carbocycles. The Hall–Kier alpha value is -0.940. The van der Waals surface area contributed by atoms with Gasteiger partial charge >= 0.3 is 0 Å². The van der Waals surface area contributed by atoms with E-state index in [0.717, 1.165) is 26.3 Å². The Bertz CT molecular complexity index is 371. The van der Waals surface area contributed by atoms with Crippen LogP contribution in [0.5, 0.6) is 0 Å². The molecule has 0 fully saturated rings. The number of nitrogens with two attached hydrogens (primary N) is 1. The maximum Gasteiger partial charge on any atom is 0.0716 e. The predicted molar refractivity (Wildman–Crippen MR) is 82.7 cm³/mol. The molecule has 0 aliphatic rings. The van der Waals surface area contributed by atoms with E-state index in [-0.39, 0.29) is 6.04 Å². The molecule has 1 unspecified atom stereocenters. The minimum atomic E-state index is 0.215. The lowest BCUT2D eigenvalue weighted by Crippen LogP contribution is -2.36. The first kappa shape index (κ1) is 17.1. The van der Waals surface area contributed by atoms with Crippen LogP contribution >= 0.6 is 0 Å². The number of hydrogen-bond acceptors (Lipinski definition) is 4. The summed E-state index contributed by atoms with van der Waals surface area (Å²) >= 11 is 0. The summed E-state index contributed by atoms with van der Waals surface area (Å²) < 4.78 is 10.8. The van der Waals surface area contributed by atoms with E-state index >= 15 is 0 Å². The summed E-state index contributed by atoms with van der Waals surface area (Å²) in [6, 6.07) is 8.58. The molecule has 4 heteroatoms. The van der Waals surface area contributed by atoms with Crippen LogP contribution in [0.15, 0.2) is 24.3 Å². The summed E-state index contributed by atoms with van der Waals surface area (Å²) in [7, 11) is 1.72. The second-order valence-electron chi connectivity index (χ2n) is 4.71. The topological polar surface area (TPSA) is 47.7 Å². The van der Waals surface area contributed by atoms with Crippen LogP contribution in [0.25, 0.3) is 0 Å². The van der Waals surface area contributed by atoms with Gasteiger partial charge in [0.1, 0.15) is 0 Å². The highest BCUT2D eigenvalue weighted by molar-refractivity contribution is 5.30. The van der Waals surface area contributed by atoms with Crippen molar-refractivity contribution in [3.05, 3.63) is 35.4 Å². The Morgan fingerprint density at radius 2 is 2.00 bits per heavy atom. The Labute approximate surface area is 122 Å². The van der Waals surface area contributed by atoms with Gasteiger partial charge in [0.15, 0.2) is 0 Å². The van der Waals surface area contributed by atoms with E-state index in [1.807, 2.05) is 13.0 Å². The van der Waals surface area contributed by atoms with Crippen LogP contribution in [-0.2, 0) is 16.1 Å². The van der Waals surface area contributed by atoms with Crippen molar-refractivity contribution in [1.82, 2.24) is 4.90 Å². The van der Waals surface area contributed by atoms with Gasteiger partial charge in [0, 0.05) is 32.8 Å². The SMILES string of the molecule is CCOCCN(CC)C(CN)c1ccccc1COC. The fourth-order valence-corrected chi connectivity index (χ4v) is 2.48. The van der Waals surface area contributed by atoms with Gasteiger partial charge in [-0.05, 0) is 24.6 Å². The minimum Gasteiger partial charge on any atom is -0.380 e. The number of benzene rings is 1. The van der Waals surface area contributed by atoms with Gasteiger partial charge in [-0.3, -0.25) is 4.90 Å². The third-order valence-corrected chi connectivity index (χ3v) is 3.51. The molecule has 1 rings (SSSR count). The van der Waals surface area contributed by atoms with Crippen LogP contribution in [0.3, 0.4) is 0 Å². The highest BCUT2D eigenvalue weighted by atomic mass is 16.5. The zero-order chi connectivity index (χ0) is 14.8. The Morgan fingerprint density at radius 1 is 1.25 bits per heavy atom. The second-order valence-corrected chi connectivity index (χ2v) is 4.71. The molecule has 0 aromatic heterocycles. The smallest absolute Gasteiger partial charge is 0.0716 e. The maximum absolute atomic E-state index is 6.03. The summed E-state index contributed by atoms with van der Waals surface area (Å²) in [5.74, 6) is 0. The number of methoxy groups -OCH3 is 1. The number of hydrogen-bond donors (Lipinski definition) is 1. The van der Waals surface area contributed by atoms with Gasteiger partial charge in [0.25, 0.3) is 0 Å². The van der Waals surface area contributed by atoms with Gasteiger partial charge in [0.05, 0.1) is 13.2 Å². The molecule has 0 amide bonds. The average molecular weight is 280 g/mol. The zero-order valence-corrected chi connectivity index (χ0v) is 13.0.